The van der Waals surface area contributed by atoms with Crippen molar-refractivity contribution < 1.29 is 15.0 Å². The summed E-state index contributed by atoms with van der Waals surface area (Å²) in [5.74, 6) is -0.926. The van der Waals surface area contributed by atoms with Gasteiger partial charge in [-0.05, 0) is 24.0 Å². The van der Waals surface area contributed by atoms with Gasteiger partial charge in [-0.25, -0.2) is 0 Å². The molecule has 1 atom stereocenters. The van der Waals surface area contributed by atoms with Gasteiger partial charge < -0.3 is 10.2 Å². The lowest BCUT2D eigenvalue weighted by Crippen LogP contribution is -2.37. The minimum absolute atomic E-state index is 0.320. The number of aliphatic hydroxyl groups excluding tert-OH is 1. The number of rotatable bonds is 2. The van der Waals surface area contributed by atoms with Crippen molar-refractivity contribution in [3.8, 4) is 0 Å². The lowest BCUT2D eigenvalue weighted by molar-refractivity contribution is -0.145. The van der Waals surface area contributed by atoms with Gasteiger partial charge in [0.2, 0.25) is 0 Å². The lowest BCUT2D eigenvalue weighted by Gasteiger charge is -2.22. The van der Waals surface area contributed by atoms with E-state index in [9.17, 15) is 9.90 Å². The molecule has 0 amide bonds. The Bertz CT molecular complexity index is 373. The third-order valence-corrected chi connectivity index (χ3v) is 3.03. The van der Waals surface area contributed by atoms with Gasteiger partial charge in [0.05, 0.1) is 6.61 Å². The summed E-state index contributed by atoms with van der Waals surface area (Å²) >= 11 is 0. The first kappa shape index (κ1) is 9.21. The van der Waals surface area contributed by atoms with Crippen molar-refractivity contribution in [3.05, 3.63) is 35.4 Å². The van der Waals surface area contributed by atoms with Gasteiger partial charge in [0.15, 0.2) is 0 Å². The Balaban J connectivity index is 2.55. The summed E-state index contributed by atoms with van der Waals surface area (Å²) in [6, 6.07) is 7.44. The molecule has 2 rings (SSSR count). The standard InChI is InChI=1S/C11H12O3/c12-7-11(10(13)14)6-5-8-3-1-2-4-9(8)11/h1-4,12H,5-7H2,(H,13,14). The highest BCUT2D eigenvalue weighted by molar-refractivity contribution is 5.83. The lowest BCUT2D eigenvalue weighted by atomic mass is 9.83. The Kier molecular flexibility index (Phi) is 2.04. The monoisotopic (exact) mass is 192 g/mol. The molecule has 0 radical (unpaired) electrons. The van der Waals surface area contributed by atoms with Crippen molar-refractivity contribution in [3.63, 3.8) is 0 Å². The molecule has 3 heteroatoms. The minimum Gasteiger partial charge on any atom is -0.481 e. The number of carboxylic acid groups (broad SMARTS) is 1. The number of aliphatic carboxylic acids is 1. The molecule has 1 aromatic rings. The van der Waals surface area contributed by atoms with Gasteiger partial charge in [0, 0.05) is 0 Å². The van der Waals surface area contributed by atoms with E-state index in [-0.39, 0.29) is 6.61 Å². The summed E-state index contributed by atoms with van der Waals surface area (Å²) < 4.78 is 0. The summed E-state index contributed by atoms with van der Waals surface area (Å²) in [5.41, 5.74) is 0.760. The van der Waals surface area contributed by atoms with E-state index >= 15 is 0 Å². The van der Waals surface area contributed by atoms with Crippen LogP contribution in [-0.4, -0.2) is 22.8 Å². The van der Waals surface area contributed by atoms with E-state index in [1.54, 1.807) is 6.07 Å². The van der Waals surface area contributed by atoms with E-state index in [1.807, 2.05) is 18.2 Å². The predicted octanol–water partition coefficient (Wildman–Crippen LogP) is 0.948. The van der Waals surface area contributed by atoms with Gasteiger partial charge in [-0.15, -0.1) is 0 Å². The molecule has 0 saturated heterocycles. The molecule has 0 bridgehead atoms. The number of aryl methyl sites for hydroxylation is 1. The molecule has 1 unspecified atom stereocenters. The summed E-state index contributed by atoms with van der Waals surface area (Å²) in [6.07, 6.45) is 1.24. The van der Waals surface area contributed by atoms with Gasteiger partial charge >= 0.3 is 5.97 Å². The second-order valence-electron chi connectivity index (χ2n) is 3.70. The van der Waals surface area contributed by atoms with E-state index in [0.717, 1.165) is 17.5 Å². The summed E-state index contributed by atoms with van der Waals surface area (Å²) in [5, 5.41) is 18.4. The van der Waals surface area contributed by atoms with Crippen LogP contribution in [0.1, 0.15) is 17.5 Å². The highest BCUT2D eigenvalue weighted by atomic mass is 16.4. The van der Waals surface area contributed by atoms with Gasteiger partial charge in [0.25, 0.3) is 0 Å². The Morgan fingerprint density at radius 3 is 2.79 bits per heavy atom. The Morgan fingerprint density at radius 2 is 2.14 bits per heavy atom. The van der Waals surface area contributed by atoms with Crippen molar-refractivity contribution in [1.29, 1.82) is 0 Å². The van der Waals surface area contributed by atoms with Crippen molar-refractivity contribution in [2.45, 2.75) is 18.3 Å². The first-order valence-electron chi connectivity index (χ1n) is 4.63. The molecule has 0 fully saturated rings. The fourth-order valence-electron chi connectivity index (χ4n) is 2.14. The van der Waals surface area contributed by atoms with Gasteiger partial charge in [-0.2, -0.15) is 0 Å². The molecule has 2 N–H and O–H groups in total. The third-order valence-electron chi connectivity index (χ3n) is 3.03. The molecule has 0 aliphatic heterocycles. The summed E-state index contributed by atoms with van der Waals surface area (Å²) in [6.45, 7) is -0.320. The van der Waals surface area contributed by atoms with Crippen LogP contribution in [0.4, 0.5) is 0 Å². The van der Waals surface area contributed by atoms with Gasteiger partial charge in [-0.3, -0.25) is 4.79 Å². The molecule has 1 aliphatic rings. The van der Waals surface area contributed by atoms with E-state index in [2.05, 4.69) is 0 Å². The highest BCUT2D eigenvalue weighted by Crippen LogP contribution is 2.38. The van der Waals surface area contributed by atoms with Crippen LogP contribution in [0.3, 0.4) is 0 Å². The molecular weight excluding hydrogens is 180 g/mol. The van der Waals surface area contributed by atoms with Crippen LogP contribution < -0.4 is 0 Å². The van der Waals surface area contributed by atoms with Crippen LogP contribution in [-0.2, 0) is 16.6 Å². The van der Waals surface area contributed by atoms with E-state index < -0.39 is 11.4 Å². The highest BCUT2D eigenvalue weighted by Gasteiger charge is 2.44. The first-order valence-corrected chi connectivity index (χ1v) is 4.63. The molecule has 0 heterocycles. The number of carbonyl (C=O) groups is 1. The first-order chi connectivity index (χ1) is 6.70. The Morgan fingerprint density at radius 1 is 1.43 bits per heavy atom. The molecule has 0 spiro atoms. The fourth-order valence-corrected chi connectivity index (χ4v) is 2.14. The topological polar surface area (TPSA) is 57.5 Å². The molecular formula is C11H12O3. The van der Waals surface area contributed by atoms with Crippen molar-refractivity contribution in [1.82, 2.24) is 0 Å². The van der Waals surface area contributed by atoms with Crippen molar-refractivity contribution in [2.24, 2.45) is 0 Å². The fraction of sp³-hybridized carbons (Fsp3) is 0.364. The number of hydrogen-bond donors (Lipinski definition) is 2. The second kappa shape index (κ2) is 3.10. The summed E-state index contributed by atoms with van der Waals surface area (Å²) in [4.78, 5) is 11.2. The maximum Gasteiger partial charge on any atom is 0.316 e. The maximum absolute atomic E-state index is 11.2. The zero-order chi connectivity index (χ0) is 10.2. The van der Waals surface area contributed by atoms with Crippen LogP contribution in [0.2, 0.25) is 0 Å². The van der Waals surface area contributed by atoms with Crippen LogP contribution in [0, 0.1) is 0 Å². The third kappa shape index (κ3) is 1.06. The smallest absolute Gasteiger partial charge is 0.316 e. The number of fused-ring (bicyclic) bond motifs is 1. The van der Waals surface area contributed by atoms with Gasteiger partial charge in [-0.1, -0.05) is 24.3 Å². The van der Waals surface area contributed by atoms with E-state index in [0.29, 0.717) is 6.42 Å². The van der Waals surface area contributed by atoms with Crippen molar-refractivity contribution >= 4 is 5.97 Å². The molecule has 1 aliphatic carbocycles. The molecule has 0 aromatic heterocycles. The van der Waals surface area contributed by atoms with Crippen LogP contribution in [0.5, 0.6) is 0 Å². The number of hydrogen-bond acceptors (Lipinski definition) is 2. The Hall–Kier alpha value is -1.35. The molecule has 74 valence electrons. The number of aliphatic hydroxyl groups is 1. The number of benzene rings is 1. The van der Waals surface area contributed by atoms with Crippen LogP contribution in [0.25, 0.3) is 0 Å². The number of carboxylic acids is 1. The second-order valence-corrected chi connectivity index (χ2v) is 3.70. The summed E-state index contributed by atoms with van der Waals surface area (Å²) in [7, 11) is 0. The van der Waals surface area contributed by atoms with Crippen LogP contribution in [0.15, 0.2) is 24.3 Å². The zero-order valence-electron chi connectivity index (χ0n) is 7.73. The predicted molar refractivity (Wildman–Crippen MR) is 51.2 cm³/mol. The van der Waals surface area contributed by atoms with Crippen LogP contribution >= 0.6 is 0 Å². The Labute approximate surface area is 82.0 Å². The molecule has 0 saturated carbocycles. The average Bonchev–Trinajstić information content (AvgIpc) is 2.57. The van der Waals surface area contributed by atoms with E-state index in [4.69, 9.17) is 5.11 Å². The normalized spacial score (nSPS) is 24.6. The zero-order valence-corrected chi connectivity index (χ0v) is 7.73. The average molecular weight is 192 g/mol. The van der Waals surface area contributed by atoms with E-state index in [1.165, 1.54) is 0 Å². The molecule has 3 nitrogen and oxygen atoms in total. The quantitative estimate of drug-likeness (QED) is 0.733. The molecule has 14 heavy (non-hydrogen) atoms. The van der Waals surface area contributed by atoms with Crippen molar-refractivity contribution in [2.75, 3.05) is 6.61 Å². The SMILES string of the molecule is O=C(O)C1(CO)CCc2ccccc21. The minimum atomic E-state index is -1.06. The largest absolute Gasteiger partial charge is 0.481 e. The maximum atomic E-state index is 11.2. The van der Waals surface area contributed by atoms with Gasteiger partial charge in [0.1, 0.15) is 5.41 Å². The molecule has 1 aromatic carbocycles.